The number of allylic oxidation sites excluding steroid dienone is 2. The van der Waals surface area contributed by atoms with Crippen LogP contribution < -0.4 is 15.5 Å². The highest BCUT2D eigenvalue weighted by Gasteiger charge is 2.28. The first kappa shape index (κ1) is 29.8. The molecule has 1 fully saturated rings. The second-order valence-corrected chi connectivity index (χ2v) is 15.1. The fourth-order valence-corrected chi connectivity index (χ4v) is 6.74. The molecule has 0 radical (unpaired) electrons. The number of benzene rings is 2. The first-order valence-corrected chi connectivity index (χ1v) is 17.4. The van der Waals surface area contributed by atoms with Crippen LogP contribution in [0.2, 0.25) is 0 Å². The Hall–Kier alpha value is -3.64. The number of nitrogens with zero attached hydrogens (tertiary/aromatic N) is 5. The number of carbonyl (C=O) groups is 1. The van der Waals surface area contributed by atoms with Crippen molar-refractivity contribution in [1.82, 2.24) is 14.7 Å². The van der Waals surface area contributed by atoms with Crippen molar-refractivity contribution < 1.29 is 9.36 Å². The number of hydrogen-bond donors (Lipinski definition) is 1. The zero-order valence-electron chi connectivity index (χ0n) is 25.9. The summed E-state index contributed by atoms with van der Waals surface area (Å²) >= 11 is 0. The largest absolute Gasteiger partial charge is 0.369 e. The summed E-state index contributed by atoms with van der Waals surface area (Å²) in [6.07, 6.45) is 4.35. The van der Waals surface area contributed by atoms with Crippen LogP contribution in [0.5, 0.6) is 0 Å². The number of hydrogen-bond acceptors (Lipinski definition) is 6. The van der Waals surface area contributed by atoms with Crippen molar-refractivity contribution in [2.75, 3.05) is 50.2 Å². The summed E-state index contributed by atoms with van der Waals surface area (Å²) in [6, 6.07) is 14.4. The molecule has 1 unspecified atom stereocenters. The van der Waals surface area contributed by atoms with E-state index in [1.165, 1.54) is 11.1 Å². The fourth-order valence-electron chi connectivity index (χ4n) is 5.85. The van der Waals surface area contributed by atoms with E-state index in [0.29, 0.717) is 6.42 Å². The molecule has 8 nitrogen and oxygen atoms in total. The van der Waals surface area contributed by atoms with Gasteiger partial charge in [0, 0.05) is 55.3 Å². The van der Waals surface area contributed by atoms with Gasteiger partial charge in [0.05, 0.1) is 22.8 Å². The standard InChI is InChI=1S/C33H43N6O2P/c1-8-25-12-14-29-23(3)36-39(27-10-9-11-28(21-27)42(6,7)41)33(29)32(25)35-24(4)34-30-15-13-26(20-22(30)2)38-17-16-31(40)37(5)18-19-38/h8-11,13,15,20-21,24,34H,12,14,16-19H2,1-7H3/b25-8-,35-32+. The first-order valence-electron chi connectivity index (χ1n) is 14.8. The average molecular weight is 587 g/mol. The van der Waals surface area contributed by atoms with Crippen LogP contribution >= 0.6 is 7.14 Å². The van der Waals surface area contributed by atoms with Gasteiger partial charge in [0.25, 0.3) is 0 Å². The number of likely N-dealkylation sites (N-methyl/N-ethyl adjacent to an activating group) is 1. The summed E-state index contributed by atoms with van der Waals surface area (Å²) < 4.78 is 14.9. The van der Waals surface area contributed by atoms with Gasteiger partial charge in [-0.25, -0.2) is 4.68 Å². The van der Waals surface area contributed by atoms with E-state index in [1.54, 1.807) is 13.3 Å². The molecule has 5 rings (SSSR count). The molecule has 1 aliphatic heterocycles. The van der Waals surface area contributed by atoms with Crippen LogP contribution in [0, 0.1) is 13.8 Å². The molecule has 1 amide bonds. The fraction of sp³-hybridized carbons (Fsp3) is 0.424. The van der Waals surface area contributed by atoms with Crippen LogP contribution in [0.1, 0.15) is 49.2 Å². The molecular formula is C33H43N6O2P. The lowest BCUT2D eigenvalue weighted by atomic mass is 9.89. The summed E-state index contributed by atoms with van der Waals surface area (Å²) in [7, 11) is -0.544. The summed E-state index contributed by atoms with van der Waals surface area (Å²) in [5, 5.41) is 9.42. The lowest BCUT2D eigenvalue weighted by Gasteiger charge is -2.25. The Balaban J connectivity index is 1.45. The SMILES string of the molecule is C/C=C1/CCc2c(C)nn(-c3cccc(P(C)(C)=O)c3)c2/C1=N/C(C)Nc1ccc(N2CCC(=O)N(C)CC2)cc1C. The predicted octanol–water partition coefficient (Wildman–Crippen LogP) is 5.55. The van der Waals surface area contributed by atoms with Gasteiger partial charge < -0.3 is 19.7 Å². The van der Waals surface area contributed by atoms with Crippen molar-refractivity contribution in [2.24, 2.45) is 4.99 Å². The molecule has 0 saturated carbocycles. The minimum absolute atomic E-state index is 0.184. The van der Waals surface area contributed by atoms with Crippen molar-refractivity contribution in [2.45, 2.75) is 53.1 Å². The van der Waals surface area contributed by atoms with E-state index in [2.05, 4.69) is 62.2 Å². The van der Waals surface area contributed by atoms with Gasteiger partial charge in [-0.1, -0.05) is 18.2 Å². The third-order valence-corrected chi connectivity index (χ3v) is 9.91. The van der Waals surface area contributed by atoms with Crippen LogP contribution in [0.25, 0.3) is 5.69 Å². The molecule has 1 aromatic heterocycles. The van der Waals surface area contributed by atoms with Crippen LogP contribution in [0.4, 0.5) is 11.4 Å². The molecule has 1 atom stereocenters. The van der Waals surface area contributed by atoms with Crippen molar-refractivity contribution in [1.29, 1.82) is 0 Å². The molecular weight excluding hydrogens is 543 g/mol. The van der Waals surface area contributed by atoms with Crippen LogP contribution in [-0.2, 0) is 15.8 Å². The summed E-state index contributed by atoms with van der Waals surface area (Å²) in [5.74, 6) is 0.201. The monoisotopic (exact) mass is 586 g/mol. The van der Waals surface area contributed by atoms with Gasteiger partial charge in [-0.15, -0.1) is 0 Å². The first-order chi connectivity index (χ1) is 20.0. The van der Waals surface area contributed by atoms with E-state index in [1.807, 2.05) is 40.9 Å². The van der Waals surface area contributed by atoms with Gasteiger partial charge in [0.2, 0.25) is 5.91 Å². The Morgan fingerprint density at radius 3 is 2.52 bits per heavy atom. The molecule has 0 bridgehead atoms. The highest BCUT2D eigenvalue weighted by atomic mass is 31.2. The third-order valence-electron chi connectivity index (χ3n) is 8.39. The van der Waals surface area contributed by atoms with Crippen molar-refractivity contribution >= 4 is 35.4 Å². The number of anilines is 2. The number of nitrogens with one attached hydrogen (secondary N) is 1. The van der Waals surface area contributed by atoms with E-state index in [0.717, 1.165) is 77.5 Å². The van der Waals surface area contributed by atoms with Gasteiger partial charge in [-0.3, -0.25) is 9.79 Å². The smallest absolute Gasteiger partial charge is 0.224 e. The Labute approximate surface area is 249 Å². The maximum atomic E-state index is 12.9. The minimum atomic E-state index is -2.42. The molecule has 1 saturated heterocycles. The topological polar surface area (TPSA) is 82.8 Å². The van der Waals surface area contributed by atoms with E-state index < -0.39 is 7.14 Å². The van der Waals surface area contributed by atoms with Crippen molar-refractivity contribution in [3.8, 4) is 5.69 Å². The number of aliphatic imine (C=N–C) groups is 1. The lowest BCUT2D eigenvalue weighted by Crippen LogP contribution is -2.30. The van der Waals surface area contributed by atoms with Gasteiger partial charge >= 0.3 is 0 Å². The normalized spacial score (nSPS) is 18.8. The van der Waals surface area contributed by atoms with Crippen LogP contribution in [-0.4, -0.2) is 72.5 Å². The highest BCUT2D eigenvalue weighted by molar-refractivity contribution is 7.70. The van der Waals surface area contributed by atoms with E-state index >= 15 is 0 Å². The summed E-state index contributed by atoms with van der Waals surface area (Å²) in [6.45, 7) is 14.2. The number of aromatic nitrogens is 2. The van der Waals surface area contributed by atoms with E-state index in [-0.39, 0.29) is 12.1 Å². The molecule has 1 aliphatic carbocycles. The molecule has 222 valence electrons. The molecule has 9 heteroatoms. The third kappa shape index (κ3) is 6.10. The highest BCUT2D eigenvalue weighted by Crippen LogP contribution is 2.36. The van der Waals surface area contributed by atoms with Crippen LogP contribution in [0.15, 0.2) is 59.1 Å². The number of amides is 1. The minimum Gasteiger partial charge on any atom is -0.369 e. The van der Waals surface area contributed by atoms with Gasteiger partial charge in [-0.05, 0) is 95.3 Å². The Bertz CT molecular complexity index is 1610. The van der Waals surface area contributed by atoms with Crippen molar-refractivity contribution in [3.63, 3.8) is 0 Å². The number of carbonyl (C=O) groups excluding carboxylic acids is 1. The Morgan fingerprint density at radius 2 is 1.81 bits per heavy atom. The van der Waals surface area contributed by atoms with Crippen molar-refractivity contribution in [3.05, 3.63) is 76.6 Å². The number of fused-ring (bicyclic) bond motifs is 1. The van der Waals surface area contributed by atoms with Gasteiger partial charge in [0.1, 0.15) is 13.3 Å². The maximum absolute atomic E-state index is 12.9. The van der Waals surface area contributed by atoms with Gasteiger partial charge in [0.15, 0.2) is 0 Å². The summed E-state index contributed by atoms with van der Waals surface area (Å²) in [5.41, 5.74) is 9.62. The molecule has 1 N–H and O–H groups in total. The lowest BCUT2D eigenvalue weighted by molar-refractivity contribution is -0.129. The Morgan fingerprint density at radius 1 is 1.02 bits per heavy atom. The zero-order chi connectivity index (χ0) is 30.2. The Kier molecular flexibility index (Phi) is 8.47. The molecule has 2 aromatic carbocycles. The molecule has 2 heterocycles. The van der Waals surface area contributed by atoms with E-state index in [4.69, 9.17) is 10.1 Å². The predicted molar refractivity (Wildman–Crippen MR) is 175 cm³/mol. The molecule has 0 spiro atoms. The average Bonchev–Trinajstić information content (AvgIpc) is 3.20. The quantitative estimate of drug-likeness (QED) is 0.384. The number of aryl methyl sites for hydroxylation is 2. The second kappa shape index (κ2) is 11.9. The molecule has 2 aliphatic rings. The van der Waals surface area contributed by atoms with Crippen LogP contribution in [0.3, 0.4) is 0 Å². The molecule has 3 aromatic rings. The van der Waals surface area contributed by atoms with E-state index in [9.17, 15) is 9.36 Å². The molecule has 42 heavy (non-hydrogen) atoms. The zero-order valence-corrected chi connectivity index (χ0v) is 26.8. The maximum Gasteiger partial charge on any atom is 0.224 e. The number of rotatable bonds is 6. The summed E-state index contributed by atoms with van der Waals surface area (Å²) in [4.78, 5) is 21.5. The van der Waals surface area contributed by atoms with Gasteiger partial charge in [-0.2, -0.15) is 5.10 Å². The second-order valence-electron chi connectivity index (χ2n) is 11.9.